The first-order valence-electron chi connectivity index (χ1n) is 7.20. The number of nitrogens with one attached hydrogen (secondary N) is 1. The van der Waals surface area contributed by atoms with E-state index in [9.17, 15) is 14.5 Å². The Morgan fingerprint density at radius 1 is 1.29 bits per heavy atom. The van der Waals surface area contributed by atoms with E-state index in [0.717, 1.165) is 0 Å². The summed E-state index contributed by atoms with van der Waals surface area (Å²) in [5.74, 6) is 0.495. The van der Waals surface area contributed by atoms with Crippen LogP contribution >= 0.6 is 0 Å². The van der Waals surface area contributed by atoms with Crippen LogP contribution in [-0.4, -0.2) is 21.4 Å². The maximum absolute atomic E-state index is 13.4. The lowest BCUT2D eigenvalue weighted by Crippen LogP contribution is -2.03. The van der Waals surface area contributed by atoms with Gasteiger partial charge in [0.2, 0.25) is 0 Å². The molecule has 2 heterocycles. The summed E-state index contributed by atoms with van der Waals surface area (Å²) in [6.45, 7) is 2.58. The number of halogens is 1. The van der Waals surface area contributed by atoms with Gasteiger partial charge in [0.15, 0.2) is 5.82 Å². The third-order valence-electron chi connectivity index (χ3n) is 3.21. The molecule has 0 saturated heterocycles. The van der Waals surface area contributed by atoms with Crippen molar-refractivity contribution >= 4 is 34.8 Å². The number of anilines is 1. The standard InChI is InChI=1S/C16H13FN4O3/c1-2-18-16-12-6-3-10(17)9-13(12)19-14(20-16)7-4-11-5-8-15(24-11)21(22)23/h3-9H,2H2,1H3,(H,18,19,20)/b7-4+. The Balaban J connectivity index is 1.98. The Hall–Kier alpha value is -3.29. The Bertz CT molecular complexity index is 936. The number of nitro groups is 1. The third-order valence-corrected chi connectivity index (χ3v) is 3.21. The number of benzene rings is 1. The highest BCUT2D eigenvalue weighted by molar-refractivity contribution is 5.90. The van der Waals surface area contributed by atoms with Crippen molar-refractivity contribution in [2.45, 2.75) is 6.92 Å². The fourth-order valence-electron chi connectivity index (χ4n) is 2.18. The van der Waals surface area contributed by atoms with Gasteiger partial charge in [-0.05, 0) is 37.3 Å². The SMILES string of the molecule is CCNc1nc(/C=C/c2ccc([N+](=O)[O-])o2)nc2cc(F)ccc12. The van der Waals surface area contributed by atoms with E-state index in [-0.39, 0.29) is 11.7 Å². The molecule has 1 N–H and O–H groups in total. The molecule has 0 bridgehead atoms. The predicted molar refractivity (Wildman–Crippen MR) is 88.0 cm³/mol. The first kappa shape index (κ1) is 15.6. The molecule has 0 saturated carbocycles. The van der Waals surface area contributed by atoms with Crippen molar-refractivity contribution in [3.8, 4) is 0 Å². The molecule has 7 nitrogen and oxygen atoms in total. The molecule has 3 rings (SSSR count). The van der Waals surface area contributed by atoms with Crippen LogP contribution in [0.5, 0.6) is 0 Å². The highest BCUT2D eigenvalue weighted by Gasteiger charge is 2.10. The number of hydrogen-bond acceptors (Lipinski definition) is 6. The number of nitrogens with zero attached hydrogens (tertiary/aromatic N) is 3. The van der Waals surface area contributed by atoms with Crippen molar-refractivity contribution < 1.29 is 13.7 Å². The lowest BCUT2D eigenvalue weighted by molar-refractivity contribution is -0.402. The summed E-state index contributed by atoms with van der Waals surface area (Å²) in [5, 5.41) is 14.4. The molecule has 0 amide bonds. The molecule has 3 aromatic rings. The monoisotopic (exact) mass is 328 g/mol. The minimum absolute atomic E-state index is 0.301. The molecule has 0 unspecified atom stereocenters. The van der Waals surface area contributed by atoms with E-state index in [1.807, 2.05) is 6.92 Å². The molecular weight excluding hydrogens is 315 g/mol. The largest absolute Gasteiger partial charge is 0.433 e. The van der Waals surface area contributed by atoms with Crippen molar-refractivity contribution in [1.82, 2.24) is 9.97 Å². The van der Waals surface area contributed by atoms with E-state index in [1.165, 1.54) is 30.3 Å². The Kier molecular flexibility index (Phi) is 4.19. The number of aromatic nitrogens is 2. The van der Waals surface area contributed by atoms with Gasteiger partial charge in [-0.15, -0.1) is 0 Å². The second kappa shape index (κ2) is 6.45. The number of hydrogen-bond donors (Lipinski definition) is 1. The first-order valence-corrected chi connectivity index (χ1v) is 7.20. The van der Waals surface area contributed by atoms with Gasteiger partial charge < -0.3 is 9.73 Å². The topological polar surface area (TPSA) is 94.1 Å². The van der Waals surface area contributed by atoms with E-state index < -0.39 is 4.92 Å². The minimum Gasteiger partial charge on any atom is -0.401 e. The van der Waals surface area contributed by atoms with Crippen LogP contribution in [0.25, 0.3) is 23.1 Å². The van der Waals surface area contributed by atoms with Crippen LogP contribution in [0.3, 0.4) is 0 Å². The van der Waals surface area contributed by atoms with Crippen molar-refractivity contribution in [3.05, 3.63) is 57.8 Å². The number of fused-ring (bicyclic) bond motifs is 1. The maximum Gasteiger partial charge on any atom is 0.433 e. The average molecular weight is 328 g/mol. The fourth-order valence-corrected chi connectivity index (χ4v) is 2.18. The highest BCUT2D eigenvalue weighted by atomic mass is 19.1. The van der Waals surface area contributed by atoms with Crippen LogP contribution in [0.15, 0.2) is 34.7 Å². The van der Waals surface area contributed by atoms with Crippen LogP contribution in [0, 0.1) is 15.9 Å². The molecule has 2 aromatic heterocycles. The normalized spacial score (nSPS) is 11.2. The van der Waals surface area contributed by atoms with E-state index in [0.29, 0.717) is 34.9 Å². The van der Waals surface area contributed by atoms with Crippen LogP contribution in [0.1, 0.15) is 18.5 Å². The average Bonchev–Trinajstić information content (AvgIpc) is 3.02. The summed E-state index contributed by atoms with van der Waals surface area (Å²) in [6, 6.07) is 7.03. The molecule has 0 spiro atoms. The van der Waals surface area contributed by atoms with Gasteiger partial charge in [-0.3, -0.25) is 10.1 Å². The van der Waals surface area contributed by atoms with E-state index in [4.69, 9.17) is 4.42 Å². The van der Waals surface area contributed by atoms with Crippen LogP contribution < -0.4 is 5.32 Å². The van der Waals surface area contributed by atoms with Gasteiger partial charge >= 0.3 is 5.88 Å². The molecule has 0 aliphatic carbocycles. The second-order valence-electron chi connectivity index (χ2n) is 4.89. The summed E-state index contributed by atoms with van der Waals surface area (Å²) < 4.78 is 18.5. The molecule has 0 atom stereocenters. The van der Waals surface area contributed by atoms with E-state index in [2.05, 4.69) is 15.3 Å². The van der Waals surface area contributed by atoms with Crippen molar-refractivity contribution in [2.75, 3.05) is 11.9 Å². The Morgan fingerprint density at radius 2 is 2.12 bits per heavy atom. The molecule has 0 radical (unpaired) electrons. The lowest BCUT2D eigenvalue weighted by atomic mass is 10.2. The first-order chi connectivity index (χ1) is 11.6. The number of furan rings is 1. The minimum atomic E-state index is -0.615. The third kappa shape index (κ3) is 3.22. The van der Waals surface area contributed by atoms with Crippen LogP contribution in [0.4, 0.5) is 16.1 Å². The summed E-state index contributed by atoms with van der Waals surface area (Å²) >= 11 is 0. The van der Waals surface area contributed by atoms with Gasteiger partial charge in [0.05, 0.1) is 11.6 Å². The van der Waals surface area contributed by atoms with E-state index >= 15 is 0 Å². The Labute approximate surface area is 136 Å². The Morgan fingerprint density at radius 3 is 2.83 bits per heavy atom. The molecule has 8 heteroatoms. The fraction of sp³-hybridized carbons (Fsp3) is 0.125. The van der Waals surface area contributed by atoms with Gasteiger partial charge in [-0.1, -0.05) is 0 Å². The highest BCUT2D eigenvalue weighted by Crippen LogP contribution is 2.22. The van der Waals surface area contributed by atoms with Gasteiger partial charge in [0.1, 0.15) is 22.3 Å². The summed E-state index contributed by atoms with van der Waals surface area (Å²) in [6.07, 6.45) is 3.07. The predicted octanol–water partition coefficient (Wildman–Crippen LogP) is 3.87. The van der Waals surface area contributed by atoms with Gasteiger partial charge in [-0.25, -0.2) is 14.4 Å². The van der Waals surface area contributed by atoms with E-state index in [1.54, 1.807) is 12.1 Å². The van der Waals surface area contributed by atoms with Gasteiger partial charge in [-0.2, -0.15) is 0 Å². The molecule has 0 aliphatic heterocycles. The van der Waals surface area contributed by atoms with Crippen molar-refractivity contribution in [3.63, 3.8) is 0 Å². The number of rotatable bonds is 5. The zero-order valence-electron chi connectivity index (χ0n) is 12.7. The summed E-state index contributed by atoms with van der Waals surface area (Å²) in [5.41, 5.74) is 0.464. The molecule has 24 heavy (non-hydrogen) atoms. The molecule has 0 fully saturated rings. The second-order valence-corrected chi connectivity index (χ2v) is 4.89. The summed E-state index contributed by atoms with van der Waals surface area (Å²) in [4.78, 5) is 18.6. The lowest BCUT2D eigenvalue weighted by Gasteiger charge is -2.07. The van der Waals surface area contributed by atoms with Gasteiger partial charge in [0.25, 0.3) is 0 Å². The smallest absolute Gasteiger partial charge is 0.401 e. The molecule has 122 valence electrons. The zero-order valence-corrected chi connectivity index (χ0v) is 12.7. The quantitative estimate of drug-likeness (QED) is 0.564. The van der Waals surface area contributed by atoms with Crippen molar-refractivity contribution in [1.29, 1.82) is 0 Å². The summed E-state index contributed by atoms with van der Waals surface area (Å²) in [7, 11) is 0. The molecule has 0 aliphatic rings. The van der Waals surface area contributed by atoms with Crippen molar-refractivity contribution in [2.24, 2.45) is 0 Å². The van der Waals surface area contributed by atoms with Crippen LogP contribution in [-0.2, 0) is 0 Å². The maximum atomic E-state index is 13.4. The van der Waals surface area contributed by atoms with Gasteiger partial charge in [0, 0.05) is 18.0 Å². The zero-order chi connectivity index (χ0) is 17.1. The molecular formula is C16H13FN4O3. The van der Waals surface area contributed by atoms with Crippen LogP contribution in [0.2, 0.25) is 0 Å². The molecule has 1 aromatic carbocycles.